The van der Waals surface area contributed by atoms with E-state index in [0.29, 0.717) is 38.2 Å². The molecule has 0 aliphatic rings. The van der Waals surface area contributed by atoms with Gasteiger partial charge in [0.1, 0.15) is 5.75 Å². The van der Waals surface area contributed by atoms with Crippen molar-refractivity contribution >= 4 is 45.9 Å². The van der Waals surface area contributed by atoms with Gasteiger partial charge in [0.05, 0.1) is 35.2 Å². The molecule has 1 heterocycles. The first kappa shape index (κ1) is 23.5. The van der Waals surface area contributed by atoms with Crippen molar-refractivity contribution in [3.63, 3.8) is 0 Å². The van der Waals surface area contributed by atoms with Gasteiger partial charge in [0.25, 0.3) is 11.5 Å². The van der Waals surface area contributed by atoms with Crippen molar-refractivity contribution in [2.75, 3.05) is 12.9 Å². The van der Waals surface area contributed by atoms with Crippen LogP contribution < -0.4 is 15.7 Å². The van der Waals surface area contributed by atoms with E-state index in [2.05, 4.69) is 15.5 Å². The van der Waals surface area contributed by atoms with E-state index in [0.717, 1.165) is 17.3 Å². The minimum Gasteiger partial charge on any atom is -0.497 e. The highest BCUT2D eigenvalue weighted by molar-refractivity contribution is 7.99. The van der Waals surface area contributed by atoms with Crippen LogP contribution in [0.1, 0.15) is 12.5 Å². The third-order valence-electron chi connectivity index (χ3n) is 5.02. The van der Waals surface area contributed by atoms with E-state index in [1.165, 1.54) is 4.57 Å². The summed E-state index contributed by atoms with van der Waals surface area (Å²) in [5.74, 6) is 0.353. The lowest BCUT2D eigenvalue weighted by Crippen LogP contribution is -2.24. The van der Waals surface area contributed by atoms with Crippen molar-refractivity contribution in [3.8, 4) is 11.4 Å². The van der Waals surface area contributed by atoms with Gasteiger partial charge in [-0.05, 0) is 49.4 Å². The molecule has 9 heteroatoms. The minimum atomic E-state index is -0.333. The number of thioether (sulfide) groups is 1. The van der Waals surface area contributed by atoms with Crippen LogP contribution in [0.15, 0.2) is 87.8 Å². The molecule has 0 bridgehead atoms. The molecule has 4 aromatic rings. The number of hydrogen-bond acceptors (Lipinski definition) is 6. The van der Waals surface area contributed by atoms with Crippen molar-refractivity contribution < 1.29 is 9.53 Å². The number of carbonyl (C=O) groups excluding carboxylic acids is 1. The quantitative estimate of drug-likeness (QED) is 0.175. The number of aromatic nitrogens is 2. The average Bonchev–Trinajstić information content (AvgIpc) is 2.86. The summed E-state index contributed by atoms with van der Waals surface area (Å²) in [5, 5.41) is 5.59. The third kappa shape index (κ3) is 5.13. The Morgan fingerprint density at radius 2 is 1.79 bits per heavy atom. The monoisotopic (exact) mass is 492 g/mol. The molecular weight excluding hydrogens is 472 g/mol. The predicted molar refractivity (Wildman–Crippen MR) is 136 cm³/mol. The fraction of sp³-hybridized carbons (Fsp3) is 0.120. The Bertz CT molecular complexity index is 1430. The molecule has 4 rings (SSSR count). The zero-order chi connectivity index (χ0) is 24.1. The maximum atomic E-state index is 13.3. The second-order valence-corrected chi connectivity index (χ2v) is 8.60. The number of hydrazone groups is 1. The molecule has 0 spiro atoms. The molecule has 1 aromatic heterocycles. The van der Waals surface area contributed by atoms with E-state index < -0.39 is 0 Å². The molecule has 0 aliphatic heterocycles. The van der Waals surface area contributed by atoms with Gasteiger partial charge in [0.15, 0.2) is 5.16 Å². The van der Waals surface area contributed by atoms with Crippen LogP contribution in [0.5, 0.6) is 5.75 Å². The van der Waals surface area contributed by atoms with Gasteiger partial charge in [-0.25, -0.2) is 10.4 Å². The van der Waals surface area contributed by atoms with Gasteiger partial charge in [-0.3, -0.25) is 14.2 Å². The number of ether oxygens (including phenoxy) is 1. The Kier molecular flexibility index (Phi) is 7.30. The van der Waals surface area contributed by atoms with Crippen molar-refractivity contribution in [2.45, 2.75) is 12.1 Å². The van der Waals surface area contributed by atoms with Crippen LogP contribution in [-0.2, 0) is 4.79 Å². The summed E-state index contributed by atoms with van der Waals surface area (Å²) in [7, 11) is 1.58. The number of halogens is 1. The van der Waals surface area contributed by atoms with Crippen molar-refractivity contribution in [3.05, 3.63) is 93.7 Å². The third-order valence-corrected chi connectivity index (χ3v) is 6.29. The maximum absolute atomic E-state index is 13.3. The van der Waals surface area contributed by atoms with Gasteiger partial charge in [-0.1, -0.05) is 53.7 Å². The molecule has 0 saturated carbocycles. The molecular formula is C25H21ClN4O3S. The first-order chi connectivity index (χ1) is 16.5. The summed E-state index contributed by atoms with van der Waals surface area (Å²) >= 11 is 7.34. The topological polar surface area (TPSA) is 85.6 Å². The van der Waals surface area contributed by atoms with E-state index in [9.17, 15) is 9.59 Å². The van der Waals surface area contributed by atoms with Crippen LogP contribution in [0.4, 0.5) is 0 Å². The number of hydrogen-bond donors (Lipinski definition) is 1. The fourth-order valence-electron chi connectivity index (χ4n) is 3.29. The van der Waals surface area contributed by atoms with Crippen molar-refractivity contribution in [1.82, 2.24) is 15.0 Å². The lowest BCUT2D eigenvalue weighted by molar-refractivity contribution is -0.118. The molecule has 1 N–H and O–H groups in total. The molecule has 1 amide bonds. The zero-order valence-electron chi connectivity index (χ0n) is 18.5. The lowest BCUT2D eigenvalue weighted by atomic mass is 10.1. The van der Waals surface area contributed by atoms with Crippen molar-refractivity contribution in [2.24, 2.45) is 5.10 Å². The average molecular weight is 493 g/mol. The molecule has 0 unspecified atom stereocenters. The highest BCUT2D eigenvalue weighted by Crippen LogP contribution is 2.23. The van der Waals surface area contributed by atoms with Crippen LogP contribution in [0.25, 0.3) is 16.6 Å². The summed E-state index contributed by atoms with van der Waals surface area (Å²) in [5.41, 5.74) is 4.84. The Hall–Kier alpha value is -3.62. The standard InChI is InChI=1S/C25H21ClN4O3S/c1-16(19-7-3-5-9-21(19)26)28-29-23(31)15-34-25-27-22-10-6-4-8-20(22)24(32)30(25)17-11-13-18(33-2)14-12-17/h3-14H,15H2,1-2H3,(H,29,31)/b28-16-. The smallest absolute Gasteiger partial charge is 0.266 e. The summed E-state index contributed by atoms with van der Waals surface area (Å²) in [6.07, 6.45) is 0. The van der Waals surface area contributed by atoms with Crippen LogP contribution in [-0.4, -0.2) is 34.0 Å². The molecule has 0 atom stereocenters. The van der Waals surface area contributed by atoms with Crippen LogP contribution in [0.3, 0.4) is 0 Å². The summed E-state index contributed by atoms with van der Waals surface area (Å²) in [6.45, 7) is 1.76. The van der Waals surface area contributed by atoms with E-state index in [1.807, 2.05) is 24.3 Å². The van der Waals surface area contributed by atoms with Gasteiger partial charge in [-0.15, -0.1) is 0 Å². The zero-order valence-corrected chi connectivity index (χ0v) is 20.1. The number of amides is 1. The largest absolute Gasteiger partial charge is 0.497 e. The number of fused-ring (bicyclic) bond motifs is 1. The van der Waals surface area contributed by atoms with Gasteiger partial charge < -0.3 is 4.74 Å². The number of rotatable bonds is 7. The van der Waals surface area contributed by atoms with E-state index in [1.54, 1.807) is 62.6 Å². The van der Waals surface area contributed by atoms with Gasteiger partial charge in [-0.2, -0.15) is 5.10 Å². The fourth-order valence-corrected chi connectivity index (χ4v) is 4.37. The Labute approximate surface area is 205 Å². The summed E-state index contributed by atoms with van der Waals surface area (Å²) in [6, 6.07) is 21.5. The molecule has 0 saturated heterocycles. The van der Waals surface area contributed by atoms with Gasteiger partial charge in [0.2, 0.25) is 0 Å². The number of nitrogens with zero attached hydrogens (tertiary/aromatic N) is 3. The number of carbonyl (C=O) groups is 1. The van der Waals surface area contributed by atoms with E-state index in [4.69, 9.17) is 16.3 Å². The number of nitrogens with one attached hydrogen (secondary N) is 1. The van der Waals surface area contributed by atoms with E-state index >= 15 is 0 Å². The number of benzene rings is 3. The maximum Gasteiger partial charge on any atom is 0.266 e. The van der Waals surface area contributed by atoms with Gasteiger partial charge >= 0.3 is 0 Å². The van der Waals surface area contributed by atoms with Gasteiger partial charge in [0, 0.05) is 10.6 Å². The molecule has 0 aliphatic carbocycles. The van der Waals surface area contributed by atoms with Crippen LogP contribution >= 0.6 is 23.4 Å². The SMILES string of the molecule is COc1ccc(-n2c(SCC(=O)N/N=C(/C)c3ccccc3Cl)nc3ccccc3c2=O)cc1. The second-order valence-electron chi connectivity index (χ2n) is 7.25. The normalized spacial score (nSPS) is 11.4. The second kappa shape index (κ2) is 10.5. The molecule has 7 nitrogen and oxygen atoms in total. The molecule has 0 fully saturated rings. The number of para-hydroxylation sites is 1. The number of methoxy groups -OCH3 is 1. The Morgan fingerprint density at radius 1 is 1.09 bits per heavy atom. The Morgan fingerprint density at radius 3 is 2.53 bits per heavy atom. The molecule has 172 valence electrons. The predicted octanol–water partition coefficient (Wildman–Crippen LogP) is 4.68. The summed E-state index contributed by atoms with van der Waals surface area (Å²) < 4.78 is 6.72. The minimum absolute atomic E-state index is 0.0141. The molecule has 0 radical (unpaired) electrons. The Balaban J connectivity index is 1.59. The lowest BCUT2D eigenvalue weighted by Gasteiger charge is -2.13. The van der Waals surface area contributed by atoms with E-state index in [-0.39, 0.29) is 17.2 Å². The highest BCUT2D eigenvalue weighted by atomic mass is 35.5. The van der Waals surface area contributed by atoms with Crippen LogP contribution in [0.2, 0.25) is 5.02 Å². The molecule has 34 heavy (non-hydrogen) atoms. The highest BCUT2D eigenvalue weighted by Gasteiger charge is 2.15. The molecule has 3 aromatic carbocycles. The van der Waals surface area contributed by atoms with Crippen molar-refractivity contribution in [1.29, 1.82) is 0 Å². The first-order valence-corrected chi connectivity index (χ1v) is 11.7. The first-order valence-electron chi connectivity index (χ1n) is 10.3. The van der Waals surface area contributed by atoms with Crippen LogP contribution in [0, 0.1) is 0 Å². The summed E-state index contributed by atoms with van der Waals surface area (Å²) in [4.78, 5) is 30.5.